The fraction of sp³-hybridized carbons (Fsp3) is 0.560. The zero-order chi connectivity index (χ0) is 23.5. The first-order chi connectivity index (χ1) is 16.4. The highest BCUT2D eigenvalue weighted by atomic mass is 32.1. The Balaban J connectivity index is 1.15. The van der Waals surface area contributed by atoms with E-state index in [2.05, 4.69) is 20.8 Å². The molecule has 2 heterocycles. The first kappa shape index (κ1) is 21.7. The molecule has 1 aromatic carbocycles. The third-order valence-corrected chi connectivity index (χ3v) is 9.52. The Morgan fingerprint density at radius 3 is 2.35 bits per heavy atom. The lowest BCUT2D eigenvalue weighted by Gasteiger charge is -2.55. The van der Waals surface area contributed by atoms with Crippen LogP contribution in [0.2, 0.25) is 0 Å². The smallest absolute Gasteiger partial charge is 0.319 e. The number of nitrogens with one attached hydrogen (secondary N) is 2. The van der Waals surface area contributed by atoms with Crippen molar-refractivity contribution in [1.82, 2.24) is 20.4 Å². The molecule has 1 atom stereocenters. The van der Waals surface area contributed by atoms with Crippen molar-refractivity contribution in [1.29, 1.82) is 0 Å². The Morgan fingerprint density at radius 2 is 1.74 bits per heavy atom. The molecule has 2 aromatic rings. The molecule has 4 bridgehead atoms. The summed E-state index contributed by atoms with van der Waals surface area (Å²) in [4.78, 5) is 39.7. The molecule has 2 N–H and O–H groups in total. The van der Waals surface area contributed by atoms with Crippen LogP contribution in [0.25, 0.3) is 0 Å². The summed E-state index contributed by atoms with van der Waals surface area (Å²) >= 11 is 1.45. The molecule has 1 saturated heterocycles. The number of hydrogen-bond acceptors (Lipinski definition) is 6. The van der Waals surface area contributed by atoms with Crippen LogP contribution >= 0.6 is 11.3 Å². The molecule has 5 aliphatic rings. The average Bonchev–Trinajstić information content (AvgIpc) is 3.38. The minimum Gasteiger partial charge on any atom is -0.319 e. The lowest BCUT2D eigenvalue weighted by atomic mass is 9.50. The van der Waals surface area contributed by atoms with Crippen molar-refractivity contribution in [2.75, 3.05) is 11.9 Å². The van der Waals surface area contributed by atoms with Gasteiger partial charge in [-0.1, -0.05) is 48.6 Å². The zero-order valence-electron chi connectivity index (χ0n) is 19.3. The predicted molar refractivity (Wildman–Crippen MR) is 127 cm³/mol. The third-order valence-electron chi connectivity index (χ3n) is 8.44. The van der Waals surface area contributed by atoms with Crippen molar-refractivity contribution in [2.24, 2.45) is 17.8 Å². The fourth-order valence-electron chi connectivity index (χ4n) is 7.29. The van der Waals surface area contributed by atoms with Crippen molar-refractivity contribution >= 4 is 34.3 Å². The standard InChI is InChI=1S/C25H29N5O3S/c1-2-25(18-6-4-3-5-7-18)21(32)30(23(33)27-25)14-19(31)26-22-29-28-20(34-22)24-11-15-8-16(12-24)10-17(9-15)13-24/h3-7,15-17H,2,8-14H2,1H3,(H,27,33)(H,26,29,31)/t15?,16?,17?,24?,25-/m1/s1. The highest BCUT2D eigenvalue weighted by Crippen LogP contribution is 2.61. The average molecular weight is 480 g/mol. The molecule has 1 aromatic heterocycles. The maximum Gasteiger partial charge on any atom is 0.325 e. The molecule has 34 heavy (non-hydrogen) atoms. The summed E-state index contributed by atoms with van der Waals surface area (Å²) in [5.41, 5.74) is -0.313. The van der Waals surface area contributed by atoms with Crippen molar-refractivity contribution in [3.8, 4) is 0 Å². The highest BCUT2D eigenvalue weighted by Gasteiger charge is 2.54. The number of rotatable bonds is 6. The summed E-state index contributed by atoms with van der Waals surface area (Å²) in [6.07, 6.45) is 8.01. The number of benzene rings is 1. The number of amides is 4. The maximum atomic E-state index is 13.3. The molecule has 4 aliphatic carbocycles. The summed E-state index contributed by atoms with van der Waals surface area (Å²) in [6, 6.07) is 8.60. The van der Waals surface area contributed by atoms with E-state index < -0.39 is 23.4 Å². The topological polar surface area (TPSA) is 104 Å². The number of anilines is 1. The van der Waals surface area contributed by atoms with Crippen LogP contribution in [0.15, 0.2) is 30.3 Å². The van der Waals surface area contributed by atoms with Crippen LogP contribution < -0.4 is 10.6 Å². The number of carbonyl (C=O) groups is 3. The monoisotopic (exact) mass is 479 g/mol. The van der Waals surface area contributed by atoms with Gasteiger partial charge in [0.2, 0.25) is 11.0 Å². The molecule has 178 valence electrons. The second kappa shape index (κ2) is 7.86. The van der Waals surface area contributed by atoms with E-state index in [1.807, 2.05) is 37.3 Å². The number of imide groups is 1. The van der Waals surface area contributed by atoms with Crippen molar-refractivity contribution in [3.05, 3.63) is 40.9 Å². The van der Waals surface area contributed by atoms with E-state index in [-0.39, 0.29) is 12.0 Å². The Labute approximate surface area is 202 Å². The van der Waals surface area contributed by atoms with Crippen LogP contribution in [0.4, 0.5) is 9.93 Å². The summed E-state index contributed by atoms with van der Waals surface area (Å²) < 4.78 is 0. The normalized spacial score (nSPS) is 33.9. The SMILES string of the molecule is CC[C@]1(c2ccccc2)NC(=O)N(CC(=O)Nc2nnc(C34CC5CC(CC(C5)C3)C4)s2)C1=O. The first-order valence-corrected chi connectivity index (χ1v) is 13.1. The van der Waals surface area contributed by atoms with E-state index in [1.165, 1.54) is 49.9 Å². The summed E-state index contributed by atoms with van der Waals surface area (Å²) in [7, 11) is 0. The quantitative estimate of drug-likeness (QED) is 0.613. The molecular formula is C25H29N5O3S. The molecule has 0 spiro atoms. The fourth-order valence-corrected chi connectivity index (χ4v) is 8.27. The molecule has 8 nitrogen and oxygen atoms in total. The Morgan fingerprint density at radius 1 is 1.09 bits per heavy atom. The molecule has 0 unspecified atom stereocenters. The molecule has 5 fully saturated rings. The number of hydrogen-bond donors (Lipinski definition) is 2. The minimum absolute atomic E-state index is 0.122. The van der Waals surface area contributed by atoms with E-state index in [4.69, 9.17) is 0 Å². The van der Waals surface area contributed by atoms with Crippen molar-refractivity contribution in [2.45, 2.75) is 62.8 Å². The van der Waals surface area contributed by atoms with E-state index in [1.54, 1.807) is 0 Å². The zero-order valence-corrected chi connectivity index (χ0v) is 20.1. The van der Waals surface area contributed by atoms with Gasteiger partial charge >= 0.3 is 6.03 Å². The minimum atomic E-state index is -1.15. The third kappa shape index (κ3) is 3.35. The number of carbonyl (C=O) groups excluding carboxylic acids is 3. The van der Waals surface area contributed by atoms with Gasteiger partial charge in [-0.05, 0) is 68.3 Å². The lowest BCUT2D eigenvalue weighted by molar-refractivity contribution is -0.134. The van der Waals surface area contributed by atoms with Gasteiger partial charge in [-0.2, -0.15) is 0 Å². The Bertz CT molecular complexity index is 1110. The van der Waals surface area contributed by atoms with Gasteiger partial charge in [-0.15, -0.1) is 10.2 Å². The molecule has 1 aliphatic heterocycles. The van der Waals surface area contributed by atoms with Gasteiger partial charge in [-0.3, -0.25) is 19.8 Å². The molecule has 7 rings (SSSR count). The molecule has 0 radical (unpaired) electrons. The van der Waals surface area contributed by atoms with E-state index in [0.29, 0.717) is 17.1 Å². The van der Waals surface area contributed by atoms with Gasteiger partial charge in [-0.25, -0.2) is 4.79 Å². The number of aromatic nitrogens is 2. The van der Waals surface area contributed by atoms with Crippen LogP contribution in [-0.2, 0) is 20.5 Å². The predicted octanol–water partition coefficient (Wildman–Crippen LogP) is 3.80. The van der Waals surface area contributed by atoms with Gasteiger partial charge in [0.05, 0.1) is 0 Å². The van der Waals surface area contributed by atoms with E-state index in [9.17, 15) is 14.4 Å². The number of nitrogens with zero attached hydrogens (tertiary/aromatic N) is 3. The first-order valence-electron chi connectivity index (χ1n) is 12.2. The summed E-state index contributed by atoms with van der Waals surface area (Å²) in [6.45, 7) is 1.49. The largest absolute Gasteiger partial charge is 0.325 e. The van der Waals surface area contributed by atoms with Crippen LogP contribution in [0.3, 0.4) is 0 Å². The molecule has 4 amide bonds. The summed E-state index contributed by atoms with van der Waals surface area (Å²) in [5, 5.41) is 15.8. The highest BCUT2D eigenvalue weighted by molar-refractivity contribution is 7.15. The van der Waals surface area contributed by atoms with Gasteiger partial charge in [0.15, 0.2) is 0 Å². The van der Waals surface area contributed by atoms with Crippen molar-refractivity contribution in [3.63, 3.8) is 0 Å². The Hall–Kier alpha value is -2.81. The van der Waals surface area contributed by atoms with Crippen molar-refractivity contribution < 1.29 is 14.4 Å². The van der Waals surface area contributed by atoms with Crippen LogP contribution in [-0.4, -0.2) is 39.5 Å². The Kier molecular flexibility index (Phi) is 5.02. The lowest BCUT2D eigenvalue weighted by Crippen LogP contribution is -2.48. The van der Waals surface area contributed by atoms with Crippen LogP contribution in [0, 0.1) is 17.8 Å². The van der Waals surface area contributed by atoms with Gasteiger partial charge in [0.1, 0.15) is 17.1 Å². The second-order valence-electron chi connectivity index (χ2n) is 10.6. The molecular weight excluding hydrogens is 450 g/mol. The van der Waals surface area contributed by atoms with Crippen LogP contribution in [0.5, 0.6) is 0 Å². The molecule has 4 saturated carbocycles. The van der Waals surface area contributed by atoms with E-state index >= 15 is 0 Å². The van der Waals surface area contributed by atoms with E-state index in [0.717, 1.165) is 27.7 Å². The van der Waals surface area contributed by atoms with Gasteiger partial charge < -0.3 is 5.32 Å². The summed E-state index contributed by atoms with van der Waals surface area (Å²) in [5.74, 6) is 1.55. The molecule has 9 heteroatoms. The second-order valence-corrected chi connectivity index (χ2v) is 11.6. The van der Waals surface area contributed by atoms with Crippen LogP contribution in [0.1, 0.15) is 62.4 Å². The maximum absolute atomic E-state index is 13.3. The number of urea groups is 1. The van der Waals surface area contributed by atoms with Gasteiger partial charge in [0, 0.05) is 5.41 Å². The van der Waals surface area contributed by atoms with Gasteiger partial charge in [0.25, 0.3) is 5.91 Å².